The second-order valence-corrected chi connectivity index (χ2v) is 6.83. The Kier molecular flexibility index (Phi) is 7.11. The molecule has 1 aliphatic rings. The number of hydrogen-bond donors (Lipinski definition) is 2. The molecule has 1 heterocycles. The third kappa shape index (κ3) is 4.87. The molecule has 134 valence electrons. The van der Waals surface area contributed by atoms with Crippen LogP contribution in [0.5, 0.6) is 0 Å². The molecule has 0 spiro atoms. The van der Waals surface area contributed by atoms with Crippen LogP contribution in [0.15, 0.2) is 48.5 Å². The number of carbonyl (C=O) groups excluding carboxylic acids is 1. The molecule has 2 atom stereocenters. The summed E-state index contributed by atoms with van der Waals surface area (Å²) < 4.78 is 0. The molecule has 0 aliphatic carbocycles. The molecule has 4 nitrogen and oxygen atoms in total. The van der Waals surface area contributed by atoms with Crippen molar-refractivity contribution in [2.24, 2.45) is 5.73 Å². The van der Waals surface area contributed by atoms with Crippen LogP contribution in [0.25, 0.3) is 0 Å². The Bertz CT molecular complexity index is 707. The van der Waals surface area contributed by atoms with Crippen LogP contribution in [0, 0.1) is 0 Å². The van der Waals surface area contributed by atoms with Gasteiger partial charge in [-0.25, -0.2) is 0 Å². The third-order valence-corrected chi connectivity index (χ3v) is 4.89. The lowest BCUT2D eigenvalue weighted by Crippen LogP contribution is -2.33. The second kappa shape index (κ2) is 8.88. The summed E-state index contributed by atoms with van der Waals surface area (Å²) in [4.78, 5) is 14.4. The molecule has 2 aromatic rings. The molecule has 0 radical (unpaired) electrons. The molecule has 3 N–H and O–H groups in total. The fraction of sp³-hybridized carbons (Fsp3) is 0.278. The number of carbonyl (C=O) groups is 1. The van der Waals surface area contributed by atoms with Gasteiger partial charge in [-0.05, 0) is 17.7 Å². The van der Waals surface area contributed by atoms with Crippen LogP contribution in [0.1, 0.15) is 11.5 Å². The number of likely N-dealkylation sites (tertiary alicyclic amines) is 1. The largest absolute Gasteiger partial charge is 0.326 e. The summed E-state index contributed by atoms with van der Waals surface area (Å²) in [6.45, 7) is 1.71. The first-order valence-electron chi connectivity index (χ1n) is 7.81. The summed E-state index contributed by atoms with van der Waals surface area (Å²) in [6, 6.07) is 15.3. The average molecular weight is 401 g/mol. The summed E-state index contributed by atoms with van der Waals surface area (Å²) in [6.07, 6.45) is 0. The Morgan fingerprint density at radius 1 is 1.08 bits per heavy atom. The molecule has 1 saturated heterocycles. The van der Waals surface area contributed by atoms with E-state index in [1.165, 1.54) is 5.56 Å². The van der Waals surface area contributed by atoms with Gasteiger partial charge in [-0.3, -0.25) is 9.69 Å². The van der Waals surface area contributed by atoms with E-state index < -0.39 is 0 Å². The molecule has 0 saturated carbocycles. The number of hydrogen-bond acceptors (Lipinski definition) is 3. The van der Waals surface area contributed by atoms with Crippen molar-refractivity contribution in [1.82, 2.24) is 4.90 Å². The maximum atomic E-state index is 12.3. The molecule has 0 bridgehead atoms. The lowest BCUT2D eigenvalue weighted by molar-refractivity contribution is -0.117. The number of rotatable bonds is 4. The minimum Gasteiger partial charge on any atom is -0.326 e. The number of anilines is 1. The average Bonchev–Trinajstić information content (AvgIpc) is 2.92. The highest BCUT2D eigenvalue weighted by Crippen LogP contribution is 2.30. The summed E-state index contributed by atoms with van der Waals surface area (Å²) in [5, 5.41) is 3.64. The lowest BCUT2D eigenvalue weighted by Gasteiger charge is -2.16. The summed E-state index contributed by atoms with van der Waals surface area (Å²) in [7, 11) is 0. The molecule has 1 amide bonds. The standard InChI is InChI=1S/C18H19Cl2N3O.ClH/c19-14-7-4-8-15(20)18(14)22-17(24)11-23-9-13(16(21)10-23)12-5-2-1-3-6-12;/h1-8,13,16H,9-11,21H2,(H,22,24);1H/t13-,16+;/m0./s1. The van der Waals surface area contributed by atoms with Gasteiger partial charge in [-0.15, -0.1) is 12.4 Å². The number of halogens is 3. The lowest BCUT2D eigenvalue weighted by atomic mass is 9.95. The van der Waals surface area contributed by atoms with Crippen molar-refractivity contribution < 1.29 is 4.79 Å². The van der Waals surface area contributed by atoms with Gasteiger partial charge in [-0.2, -0.15) is 0 Å². The minimum absolute atomic E-state index is 0. The SMILES string of the molecule is Cl.N[C@@H]1CN(CC(=O)Nc2c(Cl)cccc2Cl)C[C@H]1c1ccccc1. The molecule has 1 aliphatic heterocycles. The van der Waals surface area contributed by atoms with Gasteiger partial charge in [0.2, 0.25) is 5.91 Å². The molecule has 1 fully saturated rings. The van der Waals surface area contributed by atoms with E-state index in [1.807, 2.05) is 18.2 Å². The Morgan fingerprint density at radius 2 is 1.72 bits per heavy atom. The summed E-state index contributed by atoms with van der Waals surface area (Å²) in [5.74, 6) is 0.0915. The van der Waals surface area contributed by atoms with E-state index in [0.717, 1.165) is 6.54 Å². The van der Waals surface area contributed by atoms with E-state index in [1.54, 1.807) is 18.2 Å². The van der Waals surface area contributed by atoms with Gasteiger partial charge < -0.3 is 11.1 Å². The number of nitrogens with two attached hydrogens (primary N) is 1. The molecule has 0 aromatic heterocycles. The van der Waals surface area contributed by atoms with E-state index in [2.05, 4.69) is 22.3 Å². The van der Waals surface area contributed by atoms with Gasteiger partial charge in [-0.1, -0.05) is 59.6 Å². The molecule has 2 aromatic carbocycles. The zero-order valence-electron chi connectivity index (χ0n) is 13.5. The van der Waals surface area contributed by atoms with Gasteiger partial charge in [0, 0.05) is 25.0 Å². The van der Waals surface area contributed by atoms with Crippen molar-refractivity contribution in [3.8, 4) is 0 Å². The van der Waals surface area contributed by atoms with Crippen LogP contribution >= 0.6 is 35.6 Å². The topological polar surface area (TPSA) is 58.4 Å². The predicted octanol–water partition coefficient (Wildman–Crippen LogP) is 3.78. The van der Waals surface area contributed by atoms with Crippen LogP contribution in [0.2, 0.25) is 10.0 Å². The van der Waals surface area contributed by atoms with Crippen LogP contribution < -0.4 is 11.1 Å². The first kappa shape index (κ1) is 20.0. The summed E-state index contributed by atoms with van der Waals surface area (Å²) >= 11 is 12.2. The number of nitrogens with zero attached hydrogens (tertiary/aromatic N) is 1. The summed E-state index contributed by atoms with van der Waals surface area (Å²) in [5.41, 5.74) is 7.93. The Morgan fingerprint density at radius 3 is 2.36 bits per heavy atom. The normalized spacial score (nSPS) is 20.1. The minimum atomic E-state index is -0.147. The van der Waals surface area contributed by atoms with Gasteiger partial charge in [0.15, 0.2) is 0 Å². The number of nitrogens with one attached hydrogen (secondary N) is 1. The Labute approximate surface area is 163 Å². The number of benzene rings is 2. The fourth-order valence-corrected chi connectivity index (χ4v) is 3.59. The number of para-hydroxylation sites is 1. The van der Waals surface area contributed by atoms with E-state index in [-0.39, 0.29) is 36.8 Å². The molecule has 7 heteroatoms. The zero-order chi connectivity index (χ0) is 17.1. The van der Waals surface area contributed by atoms with Crippen LogP contribution in [0.3, 0.4) is 0 Å². The molecule has 25 heavy (non-hydrogen) atoms. The van der Waals surface area contributed by atoms with Crippen molar-refractivity contribution in [1.29, 1.82) is 0 Å². The van der Waals surface area contributed by atoms with Crippen LogP contribution in [-0.2, 0) is 4.79 Å². The van der Waals surface area contributed by atoms with Gasteiger partial charge in [0.25, 0.3) is 0 Å². The zero-order valence-corrected chi connectivity index (χ0v) is 15.8. The smallest absolute Gasteiger partial charge is 0.238 e. The predicted molar refractivity (Wildman–Crippen MR) is 106 cm³/mol. The van der Waals surface area contributed by atoms with Crippen molar-refractivity contribution >= 4 is 47.2 Å². The Balaban J connectivity index is 0.00000225. The first-order chi connectivity index (χ1) is 11.5. The van der Waals surface area contributed by atoms with Gasteiger partial charge in [0.1, 0.15) is 0 Å². The van der Waals surface area contributed by atoms with Crippen molar-refractivity contribution in [3.63, 3.8) is 0 Å². The van der Waals surface area contributed by atoms with Crippen LogP contribution in [-0.4, -0.2) is 36.5 Å². The quantitative estimate of drug-likeness (QED) is 0.821. The second-order valence-electron chi connectivity index (χ2n) is 6.02. The van der Waals surface area contributed by atoms with Crippen molar-refractivity contribution in [2.45, 2.75) is 12.0 Å². The highest BCUT2D eigenvalue weighted by Gasteiger charge is 2.32. The van der Waals surface area contributed by atoms with E-state index in [9.17, 15) is 4.79 Å². The third-order valence-electron chi connectivity index (χ3n) is 4.26. The monoisotopic (exact) mass is 399 g/mol. The highest BCUT2D eigenvalue weighted by molar-refractivity contribution is 6.39. The van der Waals surface area contributed by atoms with E-state index in [0.29, 0.717) is 22.3 Å². The molecule has 0 unspecified atom stereocenters. The van der Waals surface area contributed by atoms with Crippen LogP contribution in [0.4, 0.5) is 5.69 Å². The highest BCUT2D eigenvalue weighted by atomic mass is 35.5. The molecular weight excluding hydrogens is 381 g/mol. The van der Waals surface area contributed by atoms with Crippen molar-refractivity contribution in [3.05, 3.63) is 64.1 Å². The maximum Gasteiger partial charge on any atom is 0.238 e. The molecule has 3 rings (SSSR count). The van der Waals surface area contributed by atoms with Gasteiger partial charge in [0.05, 0.1) is 22.3 Å². The first-order valence-corrected chi connectivity index (χ1v) is 8.57. The van der Waals surface area contributed by atoms with E-state index in [4.69, 9.17) is 28.9 Å². The maximum absolute atomic E-state index is 12.3. The number of amides is 1. The fourth-order valence-electron chi connectivity index (χ4n) is 3.09. The van der Waals surface area contributed by atoms with Gasteiger partial charge >= 0.3 is 0 Å². The van der Waals surface area contributed by atoms with E-state index >= 15 is 0 Å². The Hall–Kier alpha value is -1.30. The van der Waals surface area contributed by atoms with Crippen molar-refractivity contribution in [2.75, 3.05) is 25.0 Å². The molecular formula is C18H20Cl3N3O.